The molecule has 0 atom stereocenters. The van der Waals surface area contributed by atoms with Crippen LogP contribution in [0.2, 0.25) is 0 Å². The first-order valence-corrected chi connectivity index (χ1v) is 7.52. The number of likely N-dealkylation sites (N-methyl/N-ethyl adjacent to an activating group) is 1. The van der Waals surface area contributed by atoms with Crippen LogP contribution in [0, 0.1) is 0 Å². The van der Waals surface area contributed by atoms with Gasteiger partial charge in [0.1, 0.15) is 0 Å². The summed E-state index contributed by atoms with van der Waals surface area (Å²) in [7, 11) is 1.89. The molecule has 4 nitrogen and oxygen atoms in total. The van der Waals surface area contributed by atoms with Crippen molar-refractivity contribution in [2.45, 2.75) is 33.1 Å². The van der Waals surface area contributed by atoms with Crippen LogP contribution in [0.25, 0.3) is 0 Å². The normalized spacial score (nSPS) is 10.8. The molecular weight excluding hydrogens is 250 g/mol. The molecule has 0 aromatic carbocycles. The maximum atomic E-state index is 12.2. The molecule has 0 unspecified atom stereocenters. The fourth-order valence-electron chi connectivity index (χ4n) is 2.19. The molecule has 0 aliphatic rings. The summed E-state index contributed by atoms with van der Waals surface area (Å²) in [5, 5.41) is 0. The first-order valence-electron chi connectivity index (χ1n) is 7.52. The molecule has 1 rings (SSSR count). The Labute approximate surface area is 122 Å². The lowest BCUT2D eigenvalue weighted by molar-refractivity contribution is -0.131. The van der Waals surface area contributed by atoms with Gasteiger partial charge in [-0.15, -0.1) is 0 Å². The van der Waals surface area contributed by atoms with Crippen LogP contribution in [-0.4, -0.2) is 53.9 Å². The van der Waals surface area contributed by atoms with Gasteiger partial charge in [-0.2, -0.15) is 0 Å². The summed E-state index contributed by atoms with van der Waals surface area (Å²) in [4.78, 5) is 20.3. The number of carbonyl (C=O) groups is 1. The second kappa shape index (κ2) is 9.48. The van der Waals surface area contributed by atoms with E-state index in [9.17, 15) is 4.79 Å². The number of hydrogen-bond acceptors (Lipinski definition) is 3. The van der Waals surface area contributed by atoms with Gasteiger partial charge in [0.15, 0.2) is 0 Å². The van der Waals surface area contributed by atoms with E-state index in [0.717, 1.165) is 38.9 Å². The maximum Gasteiger partial charge on any atom is 0.236 e. The molecule has 1 amide bonds. The van der Waals surface area contributed by atoms with Gasteiger partial charge in [0, 0.05) is 26.0 Å². The first-order chi connectivity index (χ1) is 9.67. The average Bonchev–Trinajstić information content (AvgIpc) is 2.46. The van der Waals surface area contributed by atoms with Gasteiger partial charge < -0.3 is 4.90 Å². The van der Waals surface area contributed by atoms with Crippen molar-refractivity contribution in [3.8, 4) is 0 Å². The van der Waals surface area contributed by atoms with E-state index in [1.807, 2.05) is 24.1 Å². The van der Waals surface area contributed by atoms with E-state index in [1.165, 1.54) is 5.56 Å². The summed E-state index contributed by atoms with van der Waals surface area (Å²) in [6.45, 7) is 7.60. The standard InChI is InChI=1S/C16H27N3O/c1-4-11-19(12-5-2)14-16(20)18(3)13-8-15-6-9-17-10-7-15/h6-7,9-10H,4-5,8,11-14H2,1-3H3. The van der Waals surface area contributed by atoms with E-state index in [-0.39, 0.29) is 5.91 Å². The van der Waals surface area contributed by atoms with Crippen molar-refractivity contribution >= 4 is 5.91 Å². The van der Waals surface area contributed by atoms with Crippen LogP contribution < -0.4 is 0 Å². The third-order valence-corrected chi connectivity index (χ3v) is 3.35. The monoisotopic (exact) mass is 277 g/mol. The van der Waals surface area contributed by atoms with Gasteiger partial charge in [0.2, 0.25) is 5.91 Å². The molecule has 0 saturated carbocycles. The predicted octanol–water partition coefficient (Wildman–Crippen LogP) is 2.20. The van der Waals surface area contributed by atoms with Crippen LogP contribution >= 0.6 is 0 Å². The Morgan fingerprint density at radius 2 is 1.70 bits per heavy atom. The molecule has 0 fully saturated rings. The number of aromatic nitrogens is 1. The number of amides is 1. The van der Waals surface area contributed by atoms with Crippen molar-refractivity contribution in [2.75, 3.05) is 33.2 Å². The summed E-state index contributed by atoms with van der Waals surface area (Å²) >= 11 is 0. The highest BCUT2D eigenvalue weighted by molar-refractivity contribution is 5.78. The highest BCUT2D eigenvalue weighted by Gasteiger charge is 2.13. The third kappa shape index (κ3) is 6.15. The number of rotatable bonds is 9. The van der Waals surface area contributed by atoms with Crippen molar-refractivity contribution in [3.63, 3.8) is 0 Å². The minimum absolute atomic E-state index is 0.209. The summed E-state index contributed by atoms with van der Waals surface area (Å²) in [6, 6.07) is 4.00. The van der Waals surface area contributed by atoms with Gasteiger partial charge in [-0.05, 0) is 50.0 Å². The van der Waals surface area contributed by atoms with E-state index in [0.29, 0.717) is 6.54 Å². The Balaban J connectivity index is 2.37. The summed E-state index contributed by atoms with van der Waals surface area (Å²) in [5.41, 5.74) is 1.22. The Bertz CT molecular complexity index is 375. The van der Waals surface area contributed by atoms with Crippen molar-refractivity contribution in [1.82, 2.24) is 14.8 Å². The van der Waals surface area contributed by atoms with Crippen LogP contribution in [0.1, 0.15) is 32.3 Å². The predicted molar refractivity (Wildman–Crippen MR) is 82.6 cm³/mol. The van der Waals surface area contributed by atoms with Crippen LogP contribution in [-0.2, 0) is 11.2 Å². The second-order valence-electron chi connectivity index (χ2n) is 5.20. The Morgan fingerprint density at radius 1 is 1.10 bits per heavy atom. The quantitative estimate of drug-likeness (QED) is 0.694. The van der Waals surface area contributed by atoms with Crippen LogP contribution in [0.15, 0.2) is 24.5 Å². The Morgan fingerprint density at radius 3 is 2.25 bits per heavy atom. The minimum atomic E-state index is 0.209. The highest BCUT2D eigenvalue weighted by atomic mass is 16.2. The molecule has 0 aliphatic carbocycles. The van der Waals surface area contributed by atoms with E-state index in [1.54, 1.807) is 12.4 Å². The van der Waals surface area contributed by atoms with Gasteiger partial charge in [0.05, 0.1) is 6.54 Å². The number of carbonyl (C=O) groups excluding carboxylic acids is 1. The number of hydrogen-bond donors (Lipinski definition) is 0. The van der Waals surface area contributed by atoms with Gasteiger partial charge >= 0.3 is 0 Å². The van der Waals surface area contributed by atoms with Gasteiger partial charge in [-0.1, -0.05) is 13.8 Å². The second-order valence-corrected chi connectivity index (χ2v) is 5.20. The summed E-state index contributed by atoms with van der Waals surface area (Å²) in [5.74, 6) is 0.209. The van der Waals surface area contributed by atoms with Gasteiger partial charge in [-0.3, -0.25) is 14.7 Å². The molecule has 0 aliphatic heterocycles. The fraction of sp³-hybridized carbons (Fsp3) is 0.625. The SMILES string of the molecule is CCCN(CCC)CC(=O)N(C)CCc1ccncc1. The Kier molecular flexibility index (Phi) is 7.88. The lowest BCUT2D eigenvalue weighted by Crippen LogP contribution is -2.39. The maximum absolute atomic E-state index is 12.2. The van der Waals surface area contributed by atoms with E-state index in [2.05, 4.69) is 23.7 Å². The molecule has 0 saturated heterocycles. The van der Waals surface area contributed by atoms with Gasteiger partial charge in [0.25, 0.3) is 0 Å². The molecule has 1 aromatic heterocycles. The number of pyridine rings is 1. The van der Waals surface area contributed by atoms with Gasteiger partial charge in [-0.25, -0.2) is 0 Å². The van der Waals surface area contributed by atoms with E-state index in [4.69, 9.17) is 0 Å². The van der Waals surface area contributed by atoms with E-state index < -0.39 is 0 Å². The summed E-state index contributed by atoms with van der Waals surface area (Å²) in [6.07, 6.45) is 6.65. The molecule has 1 aromatic rings. The zero-order chi connectivity index (χ0) is 14.8. The van der Waals surface area contributed by atoms with E-state index >= 15 is 0 Å². The molecule has 0 N–H and O–H groups in total. The average molecular weight is 277 g/mol. The van der Waals surface area contributed by atoms with Crippen molar-refractivity contribution in [1.29, 1.82) is 0 Å². The molecule has 20 heavy (non-hydrogen) atoms. The zero-order valence-electron chi connectivity index (χ0n) is 13.0. The van der Waals surface area contributed by atoms with Crippen molar-refractivity contribution in [2.24, 2.45) is 0 Å². The molecule has 0 bridgehead atoms. The molecule has 0 spiro atoms. The third-order valence-electron chi connectivity index (χ3n) is 3.35. The van der Waals surface area contributed by atoms with Crippen molar-refractivity contribution < 1.29 is 4.79 Å². The largest absolute Gasteiger partial charge is 0.344 e. The Hall–Kier alpha value is -1.42. The number of nitrogens with zero attached hydrogens (tertiary/aromatic N) is 3. The summed E-state index contributed by atoms with van der Waals surface area (Å²) < 4.78 is 0. The lowest BCUT2D eigenvalue weighted by atomic mass is 10.2. The van der Waals surface area contributed by atoms with Crippen LogP contribution in [0.3, 0.4) is 0 Å². The zero-order valence-corrected chi connectivity index (χ0v) is 13.0. The topological polar surface area (TPSA) is 36.4 Å². The van der Waals surface area contributed by atoms with Crippen molar-refractivity contribution in [3.05, 3.63) is 30.1 Å². The smallest absolute Gasteiger partial charge is 0.236 e. The minimum Gasteiger partial charge on any atom is -0.344 e. The molecular formula is C16H27N3O. The highest BCUT2D eigenvalue weighted by Crippen LogP contribution is 2.01. The van der Waals surface area contributed by atoms with Crippen LogP contribution in [0.5, 0.6) is 0 Å². The fourth-order valence-corrected chi connectivity index (χ4v) is 2.19. The molecule has 4 heteroatoms. The van der Waals surface area contributed by atoms with Crippen LogP contribution in [0.4, 0.5) is 0 Å². The molecule has 112 valence electrons. The molecule has 0 radical (unpaired) electrons. The molecule has 1 heterocycles. The lowest BCUT2D eigenvalue weighted by Gasteiger charge is -2.24. The first kappa shape index (κ1) is 16.6.